The van der Waals surface area contributed by atoms with Gasteiger partial charge in [0.25, 0.3) is 0 Å². The van der Waals surface area contributed by atoms with Gasteiger partial charge in [-0.3, -0.25) is 0 Å². The first kappa shape index (κ1) is 31.5. The van der Waals surface area contributed by atoms with Crippen LogP contribution in [0.3, 0.4) is 0 Å². The van der Waals surface area contributed by atoms with Crippen molar-refractivity contribution in [3.05, 3.63) is 19.3 Å². The molecule has 0 atom stereocenters. The molecule has 0 bridgehead atoms. The van der Waals surface area contributed by atoms with Crippen LogP contribution in [-0.2, 0) is 9.45 Å². The number of allylic oxidation sites excluding steroid dienone is 1. The van der Waals surface area contributed by atoms with Crippen LogP contribution in [0.25, 0.3) is 0 Å². The van der Waals surface area contributed by atoms with Crippen LogP contribution in [-0.4, -0.2) is 6.29 Å². The number of hydrogen-bond acceptors (Lipinski definition) is 1. The van der Waals surface area contributed by atoms with Gasteiger partial charge in [0.1, 0.15) is 6.29 Å². The summed E-state index contributed by atoms with van der Waals surface area (Å²) in [4.78, 5) is 9.84. The smallest absolute Gasteiger partial charge is 0 e. The predicted molar refractivity (Wildman–Crippen MR) is 93.3 cm³/mol. The maximum absolute atomic E-state index is 9.84. The zero-order valence-electron chi connectivity index (χ0n) is 12.2. The van der Waals surface area contributed by atoms with Crippen molar-refractivity contribution in [3.8, 4) is 0 Å². The van der Waals surface area contributed by atoms with Gasteiger partial charge in [-0.05, 0) is 19.3 Å². The van der Waals surface area contributed by atoms with Gasteiger partial charge in [0, 0.05) is 7.85 Å². The maximum atomic E-state index is 9.84. The summed E-state index contributed by atoms with van der Waals surface area (Å²) in [6.45, 7) is 12.5. The molecule has 0 heterocycles. The third-order valence-corrected chi connectivity index (χ3v) is 2.44. The Hall–Kier alpha value is -0.850. The van der Waals surface area contributed by atoms with Crippen LogP contribution in [0.1, 0.15) is 94.3 Å². The van der Waals surface area contributed by atoms with Crippen molar-refractivity contribution in [2.24, 2.45) is 0 Å². The van der Waals surface area contributed by atoms with E-state index in [4.69, 9.17) is 4.65 Å². The van der Waals surface area contributed by atoms with Gasteiger partial charge in [-0.15, -0.1) is 6.58 Å². The molecule has 2 heteroatoms. The topological polar surface area (TPSA) is 37.0 Å². The molecule has 0 saturated heterocycles. The van der Waals surface area contributed by atoms with Gasteiger partial charge in [-0.2, -0.15) is 0 Å². The third kappa shape index (κ3) is 53.4. The minimum absolute atomic E-state index is 0. The van der Waals surface area contributed by atoms with E-state index in [1.54, 1.807) is 0 Å². The fraction of sp³-hybridized carbons (Fsp3) is 0.778. The molecule has 0 fully saturated rings. The van der Waals surface area contributed by atoms with Crippen molar-refractivity contribution in [2.75, 3.05) is 0 Å². The van der Waals surface area contributed by atoms with Gasteiger partial charge in [-0.1, -0.05) is 73.3 Å². The molecule has 0 N–H and O–H groups in total. The predicted octanol–water partition coefficient (Wildman–Crippen LogP) is 6.78. The monoisotopic (exact) mass is 288 g/mol. The summed E-state index contributed by atoms with van der Waals surface area (Å²) in [5, 5.41) is 0. The van der Waals surface area contributed by atoms with Gasteiger partial charge in [0.05, 0.1) is 0 Å². The molecular weight excluding hydrogens is 248 g/mol. The molecule has 124 valence electrons. The summed E-state index contributed by atoms with van der Waals surface area (Å²) in [5.74, 6) is 0. The van der Waals surface area contributed by atoms with Gasteiger partial charge in [0.2, 0.25) is 0 Å². The average Bonchev–Trinajstić information content (AvgIpc) is 2.42. The zero-order chi connectivity index (χ0) is 14.5. The first-order valence-electron chi connectivity index (χ1n) is 7.08. The maximum Gasteiger partial charge on any atom is 0 e. The van der Waals surface area contributed by atoms with Crippen LogP contribution in [0.15, 0.2) is 12.7 Å². The number of unbranched alkanes of at least 4 members (excludes halogenated alkanes) is 8. The van der Waals surface area contributed by atoms with Gasteiger partial charge in [0.15, 0.2) is 0 Å². The van der Waals surface area contributed by atoms with E-state index in [1.807, 2.05) is 6.08 Å². The van der Waals surface area contributed by atoms with E-state index >= 15 is 0 Å². The van der Waals surface area contributed by atoms with E-state index in [1.165, 1.54) is 51.4 Å². The summed E-state index contributed by atoms with van der Waals surface area (Å²) >= 11 is 0. The number of carbonyl (C=O) groups excluding carboxylic acids is 1. The Morgan fingerprint density at radius 3 is 1.70 bits per heavy atom. The molecule has 0 aromatic rings. The second-order valence-electron chi connectivity index (χ2n) is 4.15. The van der Waals surface area contributed by atoms with Gasteiger partial charge in [-0.25, -0.2) is 0 Å². The Morgan fingerprint density at radius 1 is 0.900 bits per heavy atom. The molecule has 0 aliphatic rings. The SMILES string of the molecule is C.C.C=CCCCCC.CCCCCCCC=O.[C-]#[O+].[HH]. The van der Waals surface area contributed by atoms with Crippen molar-refractivity contribution >= 4 is 6.29 Å². The van der Waals surface area contributed by atoms with Gasteiger partial charge < -0.3 is 4.79 Å². The summed E-state index contributed by atoms with van der Waals surface area (Å²) in [6.07, 6.45) is 15.1. The second kappa shape index (κ2) is 42.9. The average molecular weight is 289 g/mol. The Balaban J connectivity index is -0.0000000430. The fourth-order valence-corrected chi connectivity index (χ4v) is 1.37. The number of carbonyl (C=O) groups is 1. The van der Waals surface area contributed by atoms with Crippen LogP contribution in [0.2, 0.25) is 0 Å². The molecule has 0 radical (unpaired) electrons. The molecular formula is C18H40O2. The third-order valence-electron chi connectivity index (χ3n) is 2.44. The molecule has 0 aromatic heterocycles. The van der Waals surface area contributed by atoms with E-state index < -0.39 is 0 Å². The second-order valence-corrected chi connectivity index (χ2v) is 4.15. The normalized spacial score (nSPS) is 7.40. The summed E-state index contributed by atoms with van der Waals surface area (Å²) in [5.41, 5.74) is 0. The molecule has 0 unspecified atom stereocenters. The molecule has 0 spiro atoms. The van der Waals surface area contributed by atoms with Crippen LogP contribution in [0.5, 0.6) is 0 Å². The van der Waals surface area contributed by atoms with Crippen molar-refractivity contribution in [1.29, 1.82) is 0 Å². The first-order chi connectivity index (χ1) is 8.83. The number of hydrogen-bond donors (Lipinski definition) is 0. The summed E-state index contributed by atoms with van der Waals surface area (Å²) < 4.78 is 7.50. The first-order valence-corrected chi connectivity index (χ1v) is 7.08. The zero-order valence-corrected chi connectivity index (χ0v) is 12.2. The van der Waals surface area contributed by atoms with Crippen molar-refractivity contribution in [2.45, 2.75) is 92.9 Å². The molecule has 0 aromatic carbocycles. The van der Waals surface area contributed by atoms with E-state index in [9.17, 15) is 4.79 Å². The summed E-state index contributed by atoms with van der Waals surface area (Å²) in [7, 11) is 0. The summed E-state index contributed by atoms with van der Waals surface area (Å²) in [6, 6.07) is 0. The number of rotatable bonds is 10. The van der Waals surface area contributed by atoms with Crippen molar-refractivity contribution < 1.29 is 10.9 Å². The minimum atomic E-state index is 0. The van der Waals surface area contributed by atoms with E-state index in [0.717, 1.165) is 19.1 Å². The quantitative estimate of drug-likeness (QED) is 0.143. The largest absolute Gasteiger partial charge is 0 e. The standard InChI is InChI=1S/C8H16O.C7H14.CO.2CH4.H2/c1-2-3-4-5-6-7-8-9;1-3-5-7-6-4-2;1-2;;;/h8H,2-7H2,1H3;3H,1,4-7H2,2H3;;2*1H4;1H. The van der Waals surface area contributed by atoms with Gasteiger partial charge >= 0.3 is 11.3 Å². The van der Waals surface area contributed by atoms with E-state index in [-0.39, 0.29) is 16.3 Å². The number of aldehydes is 1. The van der Waals surface area contributed by atoms with E-state index in [2.05, 4.69) is 27.1 Å². The fourth-order valence-electron chi connectivity index (χ4n) is 1.37. The van der Waals surface area contributed by atoms with Crippen molar-refractivity contribution in [1.82, 2.24) is 0 Å². The Bertz CT molecular complexity index is 168. The molecule has 20 heavy (non-hydrogen) atoms. The Kier molecular flexibility index (Phi) is 67.6. The molecule has 2 nitrogen and oxygen atoms in total. The van der Waals surface area contributed by atoms with Crippen LogP contribution < -0.4 is 0 Å². The van der Waals surface area contributed by atoms with E-state index in [0.29, 0.717) is 0 Å². The molecule has 0 saturated carbocycles. The molecule has 0 rings (SSSR count). The molecule has 0 aliphatic heterocycles. The van der Waals surface area contributed by atoms with Crippen molar-refractivity contribution in [3.63, 3.8) is 0 Å². The molecule has 0 aliphatic carbocycles. The Labute approximate surface area is 130 Å². The van der Waals surface area contributed by atoms with Crippen LogP contribution in [0.4, 0.5) is 0 Å². The Morgan fingerprint density at radius 2 is 1.30 bits per heavy atom. The molecule has 0 amide bonds. The van der Waals surface area contributed by atoms with Crippen LogP contribution >= 0.6 is 0 Å². The minimum Gasteiger partial charge on any atom is 0 e. The van der Waals surface area contributed by atoms with Crippen LogP contribution in [0, 0.1) is 6.65 Å².